The number of nitrogens with zero attached hydrogens (tertiary/aromatic N) is 3. The highest BCUT2D eigenvalue weighted by atomic mass is 35.5. The Morgan fingerprint density at radius 1 is 1.18 bits per heavy atom. The van der Waals surface area contributed by atoms with E-state index in [0.29, 0.717) is 6.01 Å². The third-order valence-corrected chi connectivity index (χ3v) is 4.97. The van der Waals surface area contributed by atoms with Crippen molar-refractivity contribution in [1.82, 2.24) is 15.3 Å². The van der Waals surface area contributed by atoms with Gasteiger partial charge in [-0.1, -0.05) is 11.6 Å². The standard InChI is InChI=1S/C19H21ClN4O4/c1-11-9-12(2)22-19(21-11)28-15-6-4-14(5-7-15)23-18(25)13-3-8-16(20)17(10-13)24(26)27/h3,8-10,14-15H,4-7H2,1-2H3,(H,23,25). The van der Waals surface area contributed by atoms with E-state index < -0.39 is 4.92 Å². The summed E-state index contributed by atoms with van der Waals surface area (Å²) in [5, 5.41) is 13.9. The van der Waals surface area contributed by atoms with Crippen LogP contribution in [-0.2, 0) is 0 Å². The maximum Gasteiger partial charge on any atom is 0.317 e. The topological polar surface area (TPSA) is 107 Å². The van der Waals surface area contributed by atoms with Crippen LogP contribution in [-0.4, -0.2) is 32.9 Å². The number of nitro benzene ring substituents is 1. The zero-order valence-electron chi connectivity index (χ0n) is 15.6. The molecule has 0 radical (unpaired) electrons. The number of benzene rings is 1. The van der Waals surface area contributed by atoms with E-state index >= 15 is 0 Å². The molecule has 148 valence electrons. The number of hydrogen-bond acceptors (Lipinski definition) is 6. The van der Waals surface area contributed by atoms with Crippen molar-refractivity contribution in [3.8, 4) is 6.01 Å². The summed E-state index contributed by atoms with van der Waals surface area (Å²) in [6.07, 6.45) is 3.03. The predicted molar refractivity (Wildman–Crippen MR) is 104 cm³/mol. The van der Waals surface area contributed by atoms with Crippen molar-refractivity contribution in [2.45, 2.75) is 51.7 Å². The second-order valence-electron chi connectivity index (χ2n) is 6.92. The van der Waals surface area contributed by atoms with E-state index in [1.54, 1.807) is 0 Å². The van der Waals surface area contributed by atoms with E-state index in [-0.39, 0.29) is 34.3 Å². The number of ether oxygens (including phenoxy) is 1. The molecular weight excluding hydrogens is 384 g/mol. The zero-order chi connectivity index (χ0) is 20.3. The molecule has 1 amide bonds. The summed E-state index contributed by atoms with van der Waals surface area (Å²) in [6, 6.07) is 6.31. The lowest BCUT2D eigenvalue weighted by Crippen LogP contribution is -2.39. The molecule has 8 nitrogen and oxygen atoms in total. The van der Waals surface area contributed by atoms with Crippen molar-refractivity contribution in [3.05, 3.63) is 56.4 Å². The summed E-state index contributed by atoms with van der Waals surface area (Å²) in [6.45, 7) is 3.80. The minimum absolute atomic E-state index is 0.00553. The molecule has 0 bridgehead atoms. The molecule has 1 aromatic heterocycles. The summed E-state index contributed by atoms with van der Waals surface area (Å²) in [5.41, 5.74) is 1.67. The fraction of sp³-hybridized carbons (Fsp3) is 0.421. The Kier molecular flexibility index (Phi) is 6.08. The molecule has 0 saturated heterocycles. The van der Waals surface area contributed by atoms with E-state index in [1.807, 2.05) is 19.9 Å². The van der Waals surface area contributed by atoms with Crippen LogP contribution < -0.4 is 10.1 Å². The van der Waals surface area contributed by atoms with E-state index in [4.69, 9.17) is 16.3 Å². The first kappa shape index (κ1) is 20.0. The van der Waals surface area contributed by atoms with E-state index in [0.717, 1.165) is 37.1 Å². The molecule has 1 fully saturated rings. The summed E-state index contributed by atoms with van der Waals surface area (Å²) in [7, 11) is 0. The SMILES string of the molecule is Cc1cc(C)nc(OC2CCC(NC(=O)c3ccc(Cl)c([N+](=O)[O-])c3)CC2)n1. The van der Waals surface area contributed by atoms with Gasteiger partial charge in [0.15, 0.2) is 0 Å². The van der Waals surface area contributed by atoms with Gasteiger partial charge in [0.2, 0.25) is 0 Å². The van der Waals surface area contributed by atoms with Crippen molar-refractivity contribution in [2.24, 2.45) is 0 Å². The summed E-state index contributed by atoms with van der Waals surface area (Å²) < 4.78 is 5.89. The molecule has 1 N–H and O–H groups in total. The Morgan fingerprint density at radius 2 is 1.82 bits per heavy atom. The van der Waals surface area contributed by atoms with Gasteiger partial charge in [-0.2, -0.15) is 0 Å². The Morgan fingerprint density at radius 3 is 2.43 bits per heavy atom. The summed E-state index contributed by atoms with van der Waals surface area (Å²) in [5.74, 6) is -0.346. The van der Waals surface area contributed by atoms with Gasteiger partial charge < -0.3 is 10.1 Å². The van der Waals surface area contributed by atoms with Crippen LogP contribution in [0.5, 0.6) is 6.01 Å². The van der Waals surface area contributed by atoms with Gasteiger partial charge in [-0.05, 0) is 57.7 Å². The number of aryl methyl sites for hydroxylation is 2. The van der Waals surface area contributed by atoms with Gasteiger partial charge in [-0.25, -0.2) is 9.97 Å². The number of aromatic nitrogens is 2. The van der Waals surface area contributed by atoms with Crippen LogP contribution in [0.1, 0.15) is 47.4 Å². The quantitative estimate of drug-likeness (QED) is 0.600. The van der Waals surface area contributed by atoms with Gasteiger partial charge in [0, 0.05) is 29.1 Å². The van der Waals surface area contributed by atoms with E-state index in [9.17, 15) is 14.9 Å². The van der Waals surface area contributed by atoms with Crippen LogP contribution in [0.25, 0.3) is 0 Å². The molecule has 0 unspecified atom stereocenters. The lowest BCUT2D eigenvalue weighted by atomic mass is 9.92. The van der Waals surface area contributed by atoms with Gasteiger partial charge in [-0.3, -0.25) is 14.9 Å². The fourth-order valence-electron chi connectivity index (χ4n) is 3.28. The lowest BCUT2D eigenvalue weighted by molar-refractivity contribution is -0.384. The van der Waals surface area contributed by atoms with Crippen molar-refractivity contribution >= 4 is 23.2 Å². The largest absolute Gasteiger partial charge is 0.460 e. The van der Waals surface area contributed by atoms with Gasteiger partial charge in [0.05, 0.1) is 4.92 Å². The highest BCUT2D eigenvalue weighted by Crippen LogP contribution is 2.26. The number of rotatable bonds is 5. The smallest absolute Gasteiger partial charge is 0.317 e. The second-order valence-corrected chi connectivity index (χ2v) is 7.33. The van der Waals surface area contributed by atoms with Crippen molar-refractivity contribution < 1.29 is 14.5 Å². The maximum absolute atomic E-state index is 12.4. The molecule has 3 rings (SSSR count). The molecule has 1 saturated carbocycles. The first-order chi connectivity index (χ1) is 13.3. The minimum atomic E-state index is -0.600. The zero-order valence-corrected chi connectivity index (χ0v) is 16.4. The molecule has 0 aliphatic heterocycles. The fourth-order valence-corrected chi connectivity index (χ4v) is 3.47. The van der Waals surface area contributed by atoms with Crippen molar-refractivity contribution in [3.63, 3.8) is 0 Å². The van der Waals surface area contributed by atoms with E-state index in [2.05, 4.69) is 15.3 Å². The normalized spacial score (nSPS) is 19.1. The van der Waals surface area contributed by atoms with Gasteiger partial charge in [0.1, 0.15) is 11.1 Å². The third-order valence-electron chi connectivity index (χ3n) is 4.65. The molecule has 9 heteroatoms. The number of carbonyl (C=O) groups excluding carboxylic acids is 1. The molecule has 28 heavy (non-hydrogen) atoms. The average Bonchev–Trinajstić information content (AvgIpc) is 2.62. The number of nitro groups is 1. The van der Waals surface area contributed by atoms with Crippen molar-refractivity contribution in [1.29, 1.82) is 0 Å². The van der Waals surface area contributed by atoms with Crippen LogP contribution in [0.2, 0.25) is 5.02 Å². The minimum Gasteiger partial charge on any atom is -0.460 e. The highest BCUT2D eigenvalue weighted by molar-refractivity contribution is 6.32. The molecule has 0 atom stereocenters. The Labute approximate surface area is 167 Å². The lowest BCUT2D eigenvalue weighted by Gasteiger charge is -2.29. The molecule has 1 aromatic carbocycles. The van der Waals surface area contributed by atoms with Gasteiger partial charge in [-0.15, -0.1) is 0 Å². The average molecular weight is 405 g/mol. The maximum atomic E-state index is 12.4. The number of carbonyl (C=O) groups is 1. The molecule has 1 heterocycles. The van der Waals surface area contributed by atoms with Crippen LogP contribution in [0.3, 0.4) is 0 Å². The van der Waals surface area contributed by atoms with E-state index in [1.165, 1.54) is 18.2 Å². The van der Waals surface area contributed by atoms with Gasteiger partial charge in [0.25, 0.3) is 11.6 Å². The second kappa shape index (κ2) is 8.52. The van der Waals surface area contributed by atoms with Crippen LogP contribution in [0.15, 0.2) is 24.3 Å². The first-order valence-corrected chi connectivity index (χ1v) is 9.43. The highest BCUT2D eigenvalue weighted by Gasteiger charge is 2.25. The number of nitrogens with one attached hydrogen (secondary N) is 1. The Balaban J connectivity index is 1.54. The summed E-state index contributed by atoms with van der Waals surface area (Å²) >= 11 is 5.79. The number of amides is 1. The Hall–Kier alpha value is -2.74. The molecular formula is C19H21ClN4O4. The third kappa shape index (κ3) is 4.95. The molecule has 1 aliphatic rings. The van der Waals surface area contributed by atoms with Crippen LogP contribution in [0.4, 0.5) is 5.69 Å². The molecule has 1 aliphatic carbocycles. The number of halogens is 1. The molecule has 0 spiro atoms. The van der Waals surface area contributed by atoms with Crippen LogP contribution in [0, 0.1) is 24.0 Å². The van der Waals surface area contributed by atoms with Crippen molar-refractivity contribution in [2.75, 3.05) is 0 Å². The monoisotopic (exact) mass is 404 g/mol. The molecule has 2 aromatic rings. The Bertz CT molecular complexity index is 877. The predicted octanol–water partition coefficient (Wildman–Crippen LogP) is 3.78. The van der Waals surface area contributed by atoms with Gasteiger partial charge >= 0.3 is 6.01 Å². The number of hydrogen-bond donors (Lipinski definition) is 1. The van der Waals surface area contributed by atoms with Crippen LogP contribution >= 0.6 is 11.6 Å². The first-order valence-electron chi connectivity index (χ1n) is 9.05. The summed E-state index contributed by atoms with van der Waals surface area (Å²) in [4.78, 5) is 31.4.